The Kier molecular flexibility index (Phi) is 5.85. The normalized spacial score (nSPS) is 15.1. The number of allylic oxidation sites excluding steroid dienone is 2. The first kappa shape index (κ1) is 17.4. The van der Waals surface area contributed by atoms with Crippen molar-refractivity contribution >= 4 is 11.7 Å². The third-order valence-electron chi connectivity index (χ3n) is 3.64. The molecule has 1 aliphatic rings. The quantitative estimate of drug-likeness (QED) is 0.507. The van der Waals surface area contributed by atoms with Gasteiger partial charge in [-0.05, 0) is 43.2 Å². The first-order valence-electron chi connectivity index (χ1n) is 7.62. The monoisotopic (exact) mass is 328 g/mol. The van der Waals surface area contributed by atoms with E-state index in [-0.39, 0.29) is 12.2 Å². The second kappa shape index (κ2) is 8.06. The second-order valence-corrected chi connectivity index (χ2v) is 5.03. The van der Waals surface area contributed by atoms with Crippen molar-refractivity contribution < 1.29 is 19.0 Å². The molecule has 2 rings (SSSR count). The van der Waals surface area contributed by atoms with Crippen LogP contribution in [0.25, 0.3) is 5.70 Å². The number of nitriles is 1. The van der Waals surface area contributed by atoms with Crippen LogP contribution in [0.4, 0.5) is 0 Å². The lowest BCUT2D eigenvalue weighted by Crippen LogP contribution is -2.22. The smallest absolute Gasteiger partial charge is 0.348 e. The Morgan fingerprint density at radius 2 is 2.04 bits per heavy atom. The molecule has 1 N–H and O–H groups in total. The molecule has 6 heteroatoms. The summed E-state index contributed by atoms with van der Waals surface area (Å²) >= 11 is 0. The Labute approximate surface area is 141 Å². The fraction of sp³-hybridized carbons (Fsp3) is 0.333. The van der Waals surface area contributed by atoms with Crippen molar-refractivity contribution in [3.63, 3.8) is 0 Å². The van der Waals surface area contributed by atoms with E-state index in [0.29, 0.717) is 11.5 Å². The maximum atomic E-state index is 11.7. The van der Waals surface area contributed by atoms with Crippen molar-refractivity contribution in [2.75, 3.05) is 27.4 Å². The van der Waals surface area contributed by atoms with Crippen LogP contribution in [0.3, 0.4) is 0 Å². The number of carbonyl (C=O) groups excluding carboxylic acids is 1. The molecule has 0 aromatic heterocycles. The highest BCUT2D eigenvalue weighted by atomic mass is 16.5. The fourth-order valence-electron chi connectivity index (χ4n) is 2.48. The number of methoxy groups -OCH3 is 2. The summed E-state index contributed by atoms with van der Waals surface area (Å²) in [6, 6.07) is 5.69. The van der Waals surface area contributed by atoms with Crippen molar-refractivity contribution in [3.05, 3.63) is 41.0 Å². The van der Waals surface area contributed by atoms with Crippen LogP contribution in [0, 0.1) is 11.3 Å². The van der Waals surface area contributed by atoms with Gasteiger partial charge in [0.15, 0.2) is 11.5 Å². The van der Waals surface area contributed by atoms with Crippen LogP contribution >= 0.6 is 0 Å². The topological polar surface area (TPSA) is 80.6 Å². The molecule has 0 atom stereocenters. The van der Waals surface area contributed by atoms with Crippen molar-refractivity contribution in [2.45, 2.75) is 13.3 Å². The minimum Gasteiger partial charge on any atom is -0.493 e. The van der Waals surface area contributed by atoms with Gasteiger partial charge in [0.2, 0.25) is 0 Å². The molecule has 0 unspecified atom stereocenters. The van der Waals surface area contributed by atoms with E-state index in [0.717, 1.165) is 29.8 Å². The van der Waals surface area contributed by atoms with E-state index in [1.165, 1.54) is 6.08 Å². The van der Waals surface area contributed by atoms with E-state index in [4.69, 9.17) is 19.5 Å². The van der Waals surface area contributed by atoms with Crippen molar-refractivity contribution in [1.82, 2.24) is 5.32 Å². The lowest BCUT2D eigenvalue weighted by atomic mass is 9.96. The van der Waals surface area contributed by atoms with E-state index in [2.05, 4.69) is 5.32 Å². The Bertz CT molecular complexity index is 729. The van der Waals surface area contributed by atoms with E-state index >= 15 is 0 Å². The number of hydrogen-bond acceptors (Lipinski definition) is 6. The minimum atomic E-state index is -0.625. The lowest BCUT2D eigenvalue weighted by molar-refractivity contribution is -0.138. The fourth-order valence-corrected chi connectivity index (χ4v) is 2.48. The summed E-state index contributed by atoms with van der Waals surface area (Å²) in [7, 11) is 3.18. The molecular weight excluding hydrogens is 308 g/mol. The predicted molar refractivity (Wildman–Crippen MR) is 89.6 cm³/mol. The van der Waals surface area contributed by atoms with E-state index in [1.807, 2.05) is 18.2 Å². The van der Waals surface area contributed by atoms with Gasteiger partial charge < -0.3 is 19.5 Å². The van der Waals surface area contributed by atoms with Gasteiger partial charge in [-0.25, -0.2) is 4.79 Å². The van der Waals surface area contributed by atoms with Gasteiger partial charge in [0, 0.05) is 17.8 Å². The van der Waals surface area contributed by atoms with Crippen LogP contribution in [0.5, 0.6) is 11.5 Å². The molecule has 1 aliphatic heterocycles. The number of rotatable bonds is 5. The van der Waals surface area contributed by atoms with Crippen molar-refractivity contribution in [1.29, 1.82) is 5.26 Å². The average Bonchev–Trinajstić information content (AvgIpc) is 2.61. The van der Waals surface area contributed by atoms with Crippen LogP contribution in [0.2, 0.25) is 0 Å². The molecule has 0 saturated carbocycles. The molecule has 0 amide bonds. The van der Waals surface area contributed by atoms with Crippen molar-refractivity contribution in [3.8, 4) is 17.6 Å². The first-order chi connectivity index (χ1) is 11.6. The number of esters is 1. The summed E-state index contributed by atoms with van der Waals surface area (Å²) in [5.74, 6) is 0.679. The van der Waals surface area contributed by atoms with Gasteiger partial charge in [0.25, 0.3) is 0 Å². The minimum absolute atomic E-state index is 0.0428. The number of fused-ring (bicyclic) bond motifs is 1. The van der Waals surface area contributed by atoms with Crippen LogP contribution < -0.4 is 14.8 Å². The highest BCUT2D eigenvalue weighted by molar-refractivity contribution is 5.93. The summed E-state index contributed by atoms with van der Waals surface area (Å²) in [6.45, 7) is 2.68. The Morgan fingerprint density at radius 3 is 2.67 bits per heavy atom. The van der Waals surface area contributed by atoms with E-state index in [1.54, 1.807) is 27.2 Å². The largest absolute Gasteiger partial charge is 0.493 e. The summed E-state index contributed by atoms with van der Waals surface area (Å²) in [6.07, 6.45) is 4.02. The Hall–Kier alpha value is -2.94. The zero-order valence-corrected chi connectivity index (χ0v) is 14.0. The molecule has 1 heterocycles. The van der Waals surface area contributed by atoms with Gasteiger partial charge in [-0.15, -0.1) is 0 Å². The highest BCUT2D eigenvalue weighted by Crippen LogP contribution is 2.34. The SMILES string of the molecule is CCOC(=O)/C(C#N)=C/C=C1\NCCc2cc(OC)c(OC)cc21. The molecule has 6 nitrogen and oxygen atoms in total. The summed E-state index contributed by atoms with van der Waals surface area (Å²) < 4.78 is 15.5. The van der Waals surface area contributed by atoms with Crippen molar-refractivity contribution in [2.24, 2.45) is 0 Å². The number of nitrogens with zero attached hydrogens (tertiary/aromatic N) is 1. The number of carbonyl (C=O) groups is 1. The molecule has 0 radical (unpaired) electrons. The second-order valence-electron chi connectivity index (χ2n) is 5.03. The molecule has 1 aromatic carbocycles. The Morgan fingerprint density at radius 1 is 1.33 bits per heavy atom. The summed E-state index contributed by atoms with van der Waals surface area (Å²) in [4.78, 5) is 11.7. The highest BCUT2D eigenvalue weighted by Gasteiger charge is 2.18. The molecule has 0 bridgehead atoms. The van der Waals surface area contributed by atoms with E-state index in [9.17, 15) is 4.79 Å². The van der Waals surface area contributed by atoms with Gasteiger partial charge in [-0.3, -0.25) is 0 Å². The van der Waals surface area contributed by atoms with Gasteiger partial charge in [0.05, 0.1) is 20.8 Å². The number of hydrogen-bond donors (Lipinski definition) is 1. The standard InChI is InChI=1S/C18H20N2O4/c1-4-24-18(21)13(11-19)5-6-15-14-10-17(23-3)16(22-2)9-12(14)7-8-20-15/h5-6,9-10,20H,4,7-8H2,1-3H3/b13-5+,15-6-. The molecule has 0 aliphatic carbocycles. The molecule has 1 aromatic rings. The average molecular weight is 328 g/mol. The molecule has 0 fully saturated rings. The third kappa shape index (κ3) is 3.69. The van der Waals surface area contributed by atoms with Gasteiger partial charge in [-0.2, -0.15) is 5.26 Å². The molecule has 126 valence electrons. The zero-order chi connectivity index (χ0) is 17.5. The van der Waals surface area contributed by atoms with Crippen LogP contribution in [-0.4, -0.2) is 33.3 Å². The summed E-state index contributed by atoms with van der Waals surface area (Å²) in [5.41, 5.74) is 2.84. The Balaban J connectivity index is 2.41. The maximum absolute atomic E-state index is 11.7. The first-order valence-corrected chi connectivity index (χ1v) is 7.62. The third-order valence-corrected chi connectivity index (χ3v) is 3.64. The summed E-state index contributed by atoms with van der Waals surface area (Å²) in [5, 5.41) is 12.4. The lowest BCUT2D eigenvalue weighted by Gasteiger charge is -2.22. The maximum Gasteiger partial charge on any atom is 0.348 e. The zero-order valence-electron chi connectivity index (χ0n) is 14.0. The number of ether oxygens (including phenoxy) is 3. The molecular formula is C18H20N2O4. The van der Waals surface area contributed by atoms with Crippen LogP contribution in [0.1, 0.15) is 18.1 Å². The number of benzene rings is 1. The molecule has 0 saturated heterocycles. The van der Waals surface area contributed by atoms with E-state index < -0.39 is 5.97 Å². The van der Waals surface area contributed by atoms with Gasteiger partial charge >= 0.3 is 5.97 Å². The molecule has 24 heavy (non-hydrogen) atoms. The van der Waals surface area contributed by atoms with Crippen LogP contribution in [-0.2, 0) is 16.0 Å². The van der Waals surface area contributed by atoms with Crippen LogP contribution in [0.15, 0.2) is 29.9 Å². The predicted octanol–water partition coefficient (Wildman–Crippen LogP) is 2.20. The molecule has 0 spiro atoms. The van der Waals surface area contributed by atoms with Gasteiger partial charge in [0.1, 0.15) is 11.6 Å². The number of nitrogens with one attached hydrogen (secondary N) is 1. The van der Waals surface area contributed by atoms with Gasteiger partial charge in [-0.1, -0.05) is 0 Å².